The van der Waals surface area contributed by atoms with Crippen LogP contribution in [0.1, 0.15) is 31.2 Å². The molecule has 0 amide bonds. The number of nitrogens with two attached hydrogens (primary N) is 1. The van der Waals surface area contributed by atoms with Gasteiger partial charge in [0.05, 0.1) is 6.26 Å². The Hall–Kier alpha value is -0.760. The Morgan fingerprint density at radius 3 is 3.00 bits per heavy atom. The SMILES string of the molecule is CC1(C)Cc2occc2C1N. The molecular weight excluding hydrogens is 138 g/mol. The minimum absolute atomic E-state index is 0.149. The molecule has 0 spiro atoms. The Kier molecular flexibility index (Phi) is 1.19. The van der Waals surface area contributed by atoms with Crippen LogP contribution in [0.3, 0.4) is 0 Å². The fourth-order valence-electron chi connectivity index (χ4n) is 1.72. The molecular formula is C9H13NO. The van der Waals surface area contributed by atoms with Crippen molar-refractivity contribution in [3.05, 3.63) is 23.7 Å². The van der Waals surface area contributed by atoms with E-state index in [0.29, 0.717) is 0 Å². The average molecular weight is 151 g/mol. The zero-order valence-corrected chi connectivity index (χ0v) is 6.92. The van der Waals surface area contributed by atoms with Crippen molar-refractivity contribution in [1.82, 2.24) is 0 Å². The molecule has 60 valence electrons. The van der Waals surface area contributed by atoms with Gasteiger partial charge in [0.25, 0.3) is 0 Å². The van der Waals surface area contributed by atoms with Gasteiger partial charge < -0.3 is 10.2 Å². The summed E-state index contributed by atoms with van der Waals surface area (Å²) in [6.45, 7) is 4.35. The molecule has 0 aliphatic heterocycles. The van der Waals surface area contributed by atoms with Gasteiger partial charge in [-0.3, -0.25) is 0 Å². The van der Waals surface area contributed by atoms with E-state index in [2.05, 4.69) is 13.8 Å². The molecule has 0 saturated carbocycles. The number of fused-ring (bicyclic) bond motifs is 1. The van der Waals surface area contributed by atoms with E-state index >= 15 is 0 Å². The lowest BCUT2D eigenvalue weighted by Gasteiger charge is -2.22. The monoisotopic (exact) mass is 151 g/mol. The van der Waals surface area contributed by atoms with Gasteiger partial charge in [0.2, 0.25) is 0 Å². The van der Waals surface area contributed by atoms with Crippen LogP contribution in [0, 0.1) is 5.41 Å². The molecule has 1 atom stereocenters. The van der Waals surface area contributed by atoms with Crippen LogP contribution in [0.2, 0.25) is 0 Å². The van der Waals surface area contributed by atoms with Gasteiger partial charge in [0.1, 0.15) is 5.76 Å². The minimum Gasteiger partial charge on any atom is -0.469 e. The second-order valence-corrected chi connectivity index (χ2v) is 3.94. The van der Waals surface area contributed by atoms with E-state index in [-0.39, 0.29) is 11.5 Å². The molecule has 2 heteroatoms. The quantitative estimate of drug-likeness (QED) is 0.614. The van der Waals surface area contributed by atoms with Gasteiger partial charge >= 0.3 is 0 Å². The van der Waals surface area contributed by atoms with Gasteiger partial charge in [0, 0.05) is 18.0 Å². The molecule has 0 bridgehead atoms. The van der Waals surface area contributed by atoms with E-state index in [9.17, 15) is 0 Å². The summed E-state index contributed by atoms with van der Waals surface area (Å²) in [5, 5.41) is 0. The summed E-state index contributed by atoms with van der Waals surface area (Å²) in [7, 11) is 0. The van der Waals surface area contributed by atoms with Crippen LogP contribution in [-0.4, -0.2) is 0 Å². The molecule has 0 fully saturated rings. The van der Waals surface area contributed by atoms with Gasteiger partial charge in [-0.2, -0.15) is 0 Å². The molecule has 1 heterocycles. The second-order valence-electron chi connectivity index (χ2n) is 3.94. The van der Waals surface area contributed by atoms with E-state index in [1.807, 2.05) is 6.07 Å². The van der Waals surface area contributed by atoms with Crippen LogP contribution in [0.15, 0.2) is 16.7 Å². The summed E-state index contributed by atoms with van der Waals surface area (Å²) < 4.78 is 5.30. The van der Waals surface area contributed by atoms with Crippen molar-refractivity contribution >= 4 is 0 Å². The molecule has 2 N–H and O–H groups in total. The highest BCUT2D eigenvalue weighted by atomic mass is 16.3. The topological polar surface area (TPSA) is 39.2 Å². The maximum Gasteiger partial charge on any atom is 0.109 e. The average Bonchev–Trinajstić information content (AvgIpc) is 2.39. The van der Waals surface area contributed by atoms with Crippen molar-refractivity contribution in [3.63, 3.8) is 0 Å². The molecule has 1 aliphatic carbocycles. The number of furan rings is 1. The molecule has 1 aromatic rings. The van der Waals surface area contributed by atoms with Gasteiger partial charge in [-0.15, -0.1) is 0 Å². The van der Waals surface area contributed by atoms with Gasteiger partial charge in [-0.25, -0.2) is 0 Å². The van der Waals surface area contributed by atoms with E-state index in [1.54, 1.807) is 6.26 Å². The third-order valence-electron chi connectivity index (χ3n) is 2.57. The van der Waals surface area contributed by atoms with Crippen LogP contribution >= 0.6 is 0 Å². The van der Waals surface area contributed by atoms with E-state index < -0.39 is 0 Å². The Morgan fingerprint density at radius 2 is 2.36 bits per heavy atom. The zero-order chi connectivity index (χ0) is 8.06. The highest BCUT2D eigenvalue weighted by molar-refractivity contribution is 5.30. The minimum atomic E-state index is 0.149. The summed E-state index contributed by atoms with van der Waals surface area (Å²) in [5.74, 6) is 1.07. The first kappa shape index (κ1) is 6.92. The molecule has 2 nitrogen and oxygen atoms in total. The Labute approximate surface area is 66.4 Å². The Morgan fingerprint density at radius 1 is 1.64 bits per heavy atom. The van der Waals surface area contributed by atoms with Crippen LogP contribution in [0.25, 0.3) is 0 Å². The highest BCUT2D eigenvalue weighted by Gasteiger charge is 2.38. The fourth-order valence-corrected chi connectivity index (χ4v) is 1.72. The standard InChI is InChI=1S/C9H13NO/c1-9(2)5-7-6(8(9)10)3-4-11-7/h3-4,8H,5,10H2,1-2H3. The third kappa shape index (κ3) is 0.824. The van der Waals surface area contributed by atoms with Crippen molar-refractivity contribution in [2.24, 2.45) is 11.1 Å². The summed E-state index contributed by atoms with van der Waals surface area (Å²) in [5.41, 5.74) is 7.37. The maximum atomic E-state index is 6.01. The molecule has 1 unspecified atom stereocenters. The summed E-state index contributed by atoms with van der Waals surface area (Å²) in [6.07, 6.45) is 2.69. The molecule has 2 rings (SSSR count). The van der Waals surface area contributed by atoms with Crippen LogP contribution < -0.4 is 5.73 Å². The molecule has 11 heavy (non-hydrogen) atoms. The van der Waals surface area contributed by atoms with E-state index in [4.69, 9.17) is 10.2 Å². The normalized spacial score (nSPS) is 27.0. The lowest BCUT2D eigenvalue weighted by molar-refractivity contribution is 0.305. The zero-order valence-electron chi connectivity index (χ0n) is 6.92. The number of hydrogen-bond donors (Lipinski definition) is 1. The lowest BCUT2D eigenvalue weighted by Crippen LogP contribution is -2.24. The van der Waals surface area contributed by atoms with Crippen molar-refractivity contribution in [2.45, 2.75) is 26.3 Å². The van der Waals surface area contributed by atoms with Gasteiger partial charge in [0.15, 0.2) is 0 Å². The maximum absolute atomic E-state index is 6.01. The Balaban J connectivity index is 2.45. The van der Waals surface area contributed by atoms with E-state index in [1.165, 1.54) is 5.56 Å². The smallest absolute Gasteiger partial charge is 0.109 e. The van der Waals surface area contributed by atoms with Crippen LogP contribution in [0.5, 0.6) is 0 Å². The summed E-state index contributed by atoms with van der Waals surface area (Å²) >= 11 is 0. The van der Waals surface area contributed by atoms with Crippen LogP contribution in [-0.2, 0) is 6.42 Å². The van der Waals surface area contributed by atoms with Crippen molar-refractivity contribution in [3.8, 4) is 0 Å². The number of rotatable bonds is 0. The third-order valence-corrected chi connectivity index (χ3v) is 2.57. The summed E-state index contributed by atoms with van der Waals surface area (Å²) in [4.78, 5) is 0. The van der Waals surface area contributed by atoms with Gasteiger partial charge in [-0.1, -0.05) is 13.8 Å². The van der Waals surface area contributed by atoms with Gasteiger partial charge in [-0.05, 0) is 11.5 Å². The Bertz CT molecular complexity index is 275. The first-order valence-electron chi connectivity index (χ1n) is 3.93. The first-order valence-corrected chi connectivity index (χ1v) is 3.93. The molecule has 0 saturated heterocycles. The molecule has 0 aromatic carbocycles. The fraction of sp³-hybridized carbons (Fsp3) is 0.556. The number of hydrogen-bond acceptors (Lipinski definition) is 2. The predicted molar refractivity (Wildman–Crippen MR) is 43.1 cm³/mol. The second kappa shape index (κ2) is 1.89. The predicted octanol–water partition coefficient (Wildman–Crippen LogP) is 1.86. The molecule has 1 aliphatic rings. The van der Waals surface area contributed by atoms with E-state index in [0.717, 1.165) is 12.2 Å². The largest absolute Gasteiger partial charge is 0.469 e. The molecule has 0 radical (unpaired) electrons. The summed E-state index contributed by atoms with van der Waals surface area (Å²) in [6, 6.07) is 2.13. The molecule has 1 aromatic heterocycles. The lowest BCUT2D eigenvalue weighted by atomic mass is 9.86. The van der Waals surface area contributed by atoms with Crippen molar-refractivity contribution < 1.29 is 4.42 Å². The highest BCUT2D eigenvalue weighted by Crippen LogP contribution is 2.43. The van der Waals surface area contributed by atoms with Crippen molar-refractivity contribution in [2.75, 3.05) is 0 Å². The first-order chi connectivity index (χ1) is 5.11. The van der Waals surface area contributed by atoms with Crippen molar-refractivity contribution in [1.29, 1.82) is 0 Å². The van der Waals surface area contributed by atoms with Crippen LogP contribution in [0.4, 0.5) is 0 Å².